The van der Waals surface area contributed by atoms with Gasteiger partial charge in [0, 0.05) is 29.1 Å². The summed E-state index contributed by atoms with van der Waals surface area (Å²) in [5, 5.41) is 23.5. The molecule has 8 heteroatoms. The van der Waals surface area contributed by atoms with Crippen LogP contribution in [0.25, 0.3) is 33.3 Å². The minimum absolute atomic E-state index is 0.175. The fourth-order valence-corrected chi connectivity index (χ4v) is 5.07. The molecule has 1 fully saturated rings. The third kappa shape index (κ3) is 3.83. The smallest absolute Gasteiger partial charge is 0.339 e. The maximum absolute atomic E-state index is 15.7. The van der Waals surface area contributed by atoms with Crippen LogP contribution >= 0.6 is 0 Å². The van der Waals surface area contributed by atoms with E-state index in [4.69, 9.17) is 9.51 Å². The SMILES string of the molecule is Cc1noc(C)c1-c1cnc2c(-c3ccc(C(=O)O)c(O)c3)cn(CC3(F)CCCCC3)c2c1. The van der Waals surface area contributed by atoms with Crippen LogP contribution in [0.2, 0.25) is 0 Å². The number of aromatic nitrogens is 3. The Kier molecular flexibility index (Phi) is 5.38. The van der Waals surface area contributed by atoms with Crippen molar-refractivity contribution in [2.24, 2.45) is 0 Å². The second-order valence-electron chi connectivity index (χ2n) is 9.21. The molecule has 0 atom stereocenters. The van der Waals surface area contributed by atoms with Crippen molar-refractivity contribution in [1.82, 2.24) is 14.7 Å². The van der Waals surface area contributed by atoms with E-state index >= 15 is 4.39 Å². The molecule has 7 nitrogen and oxygen atoms in total. The molecule has 0 aliphatic heterocycles. The number of phenols is 1. The van der Waals surface area contributed by atoms with E-state index < -0.39 is 11.6 Å². The van der Waals surface area contributed by atoms with E-state index in [1.165, 1.54) is 12.1 Å². The summed E-state index contributed by atoms with van der Waals surface area (Å²) in [5.74, 6) is -0.849. The molecule has 0 saturated heterocycles. The van der Waals surface area contributed by atoms with Crippen LogP contribution in [0, 0.1) is 13.8 Å². The van der Waals surface area contributed by atoms with Gasteiger partial charge in [-0.25, -0.2) is 9.18 Å². The number of fused-ring (bicyclic) bond motifs is 1. The largest absolute Gasteiger partial charge is 0.507 e. The second kappa shape index (κ2) is 8.27. The Morgan fingerprint density at radius 1 is 1.18 bits per heavy atom. The van der Waals surface area contributed by atoms with Crippen molar-refractivity contribution in [3.63, 3.8) is 0 Å². The molecule has 1 aromatic carbocycles. The molecule has 34 heavy (non-hydrogen) atoms. The van der Waals surface area contributed by atoms with E-state index in [2.05, 4.69) is 5.16 Å². The lowest BCUT2D eigenvalue weighted by atomic mass is 9.86. The average Bonchev–Trinajstić information content (AvgIpc) is 3.32. The lowest BCUT2D eigenvalue weighted by Crippen LogP contribution is -2.31. The van der Waals surface area contributed by atoms with Gasteiger partial charge < -0.3 is 19.3 Å². The molecule has 176 valence electrons. The van der Waals surface area contributed by atoms with Gasteiger partial charge in [-0.3, -0.25) is 4.98 Å². The number of halogens is 1. The first-order valence-electron chi connectivity index (χ1n) is 11.4. The number of benzene rings is 1. The van der Waals surface area contributed by atoms with Crippen LogP contribution in [0.1, 0.15) is 53.9 Å². The Hall–Kier alpha value is -3.68. The van der Waals surface area contributed by atoms with Gasteiger partial charge in [0.1, 0.15) is 22.7 Å². The van der Waals surface area contributed by atoms with Gasteiger partial charge in [0.15, 0.2) is 0 Å². The molecule has 0 amide bonds. The van der Waals surface area contributed by atoms with Crippen LogP contribution in [0.4, 0.5) is 4.39 Å². The summed E-state index contributed by atoms with van der Waals surface area (Å²) in [7, 11) is 0. The standard InChI is InChI=1S/C26H26FN3O4/c1-15-23(16(2)34-29-15)18-10-21-24(28-12-18)20(17-6-7-19(25(32)33)22(31)11-17)13-30(21)14-26(27)8-4-3-5-9-26/h6-7,10-13,31H,3-5,8-9,14H2,1-2H3,(H,32,33). The maximum Gasteiger partial charge on any atom is 0.339 e. The number of carbonyl (C=O) groups is 1. The van der Waals surface area contributed by atoms with E-state index in [0.29, 0.717) is 35.2 Å². The zero-order valence-corrected chi connectivity index (χ0v) is 19.1. The number of rotatable bonds is 5. The molecule has 4 aromatic rings. The zero-order valence-electron chi connectivity index (χ0n) is 19.1. The normalized spacial score (nSPS) is 15.6. The number of aromatic carboxylic acids is 1. The highest BCUT2D eigenvalue weighted by Gasteiger charge is 2.33. The van der Waals surface area contributed by atoms with Crippen LogP contribution in [-0.4, -0.2) is 36.6 Å². The molecule has 3 aromatic heterocycles. The average molecular weight is 464 g/mol. The van der Waals surface area contributed by atoms with Crippen molar-refractivity contribution in [2.45, 2.75) is 58.2 Å². The molecule has 1 saturated carbocycles. The molecular weight excluding hydrogens is 437 g/mol. The van der Waals surface area contributed by atoms with Gasteiger partial charge in [-0.2, -0.15) is 0 Å². The molecule has 0 bridgehead atoms. The predicted octanol–water partition coefficient (Wildman–Crippen LogP) is 6.05. The number of aromatic hydroxyl groups is 1. The Morgan fingerprint density at radius 2 is 1.94 bits per heavy atom. The van der Waals surface area contributed by atoms with Crippen LogP contribution in [-0.2, 0) is 6.54 Å². The number of alkyl halides is 1. The van der Waals surface area contributed by atoms with Crippen molar-refractivity contribution >= 4 is 17.0 Å². The molecule has 5 rings (SSSR count). The fraction of sp³-hybridized carbons (Fsp3) is 0.346. The van der Waals surface area contributed by atoms with Crippen molar-refractivity contribution in [3.05, 3.63) is 53.7 Å². The molecule has 1 aliphatic carbocycles. The zero-order chi connectivity index (χ0) is 24.0. The number of carboxylic acid groups (broad SMARTS) is 1. The quantitative estimate of drug-likeness (QED) is 0.374. The highest BCUT2D eigenvalue weighted by Crippen LogP contribution is 2.39. The topological polar surface area (TPSA) is 101 Å². The number of carboxylic acids is 1. The molecule has 0 spiro atoms. The van der Waals surface area contributed by atoms with Crippen LogP contribution < -0.4 is 0 Å². The van der Waals surface area contributed by atoms with Crippen molar-refractivity contribution in [2.75, 3.05) is 0 Å². The Balaban J connectivity index is 1.67. The molecule has 0 unspecified atom stereocenters. The lowest BCUT2D eigenvalue weighted by molar-refractivity contribution is 0.0693. The molecule has 3 heterocycles. The summed E-state index contributed by atoms with van der Waals surface area (Å²) in [4.78, 5) is 16.0. The minimum atomic E-state index is -1.30. The summed E-state index contributed by atoms with van der Waals surface area (Å²) in [6, 6.07) is 6.39. The molecular formula is C26H26FN3O4. The monoisotopic (exact) mass is 463 g/mol. The third-order valence-electron chi connectivity index (χ3n) is 6.78. The number of aryl methyl sites for hydroxylation is 2. The first-order chi connectivity index (χ1) is 16.3. The van der Waals surface area contributed by atoms with Gasteiger partial charge in [-0.05, 0) is 50.5 Å². The summed E-state index contributed by atoms with van der Waals surface area (Å²) >= 11 is 0. The lowest BCUT2D eigenvalue weighted by Gasteiger charge is -2.30. The number of pyridine rings is 1. The van der Waals surface area contributed by atoms with Crippen LogP contribution in [0.15, 0.2) is 41.2 Å². The van der Waals surface area contributed by atoms with Crippen LogP contribution in [0.3, 0.4) is 0 Å². The Labute approximate surface area is 195 Å². The van der Waals surface area contributed by atoms with Gasteiger partial charge in [-0.15, -0.1) is 0 Å². The first-order valence-corrected chi connectivity index (χ1v) is 11.4. The van der Waals surface area contributed by atoms with Crippen molar-refractivity contribution < 1.29 is 23.9 Å². The highest BCUT2D eigenvalue weighted by molar-refractivity contribution is 5.97. The van der Waals surface area contributed by atoms with E-state index in [0.717, 1.165) is 41.6 Å². The van der Waals surface area contributed by atoms with Gasteiger partial charge in [-0.1, -0.05) is 30.5 Å². The van der Waals surface area contributed by atoms with E-state index in [9.17, 15) is 15.0 Å². The van der Waals surface area contributed by atoms with Gasteiger partial charge in [0.2, 0.25) is 0 Å². The fourth-order valence-electron chi connectivity index (χ4n) is 5.07. The highest BCUT2D eigenvalue weighted by atomic mass is 19.1. The molecule has 0 radical (unpaired) electrons. The first kappa shape index (κ1) is 22.1. The second-order valence-corrected chi connectivity index (χ2v) is 9.21. The maximum atomic E-state index is 15.7. The van der Waals surface area contributed by atoms with Gasteiger partial charge in [0.05, 0.1) is 23.3 Å². The van der Waals surface area contributed by atoms with E-state index in [1.807, 2.05) is 30.7 Å². The minimum Gasteiger partial charge on any atom is -0.507 e. The number of hydrogen-bond acceptors (Lipinski definition) is 5. The summed E-state index contributed by atoms with van der Waals surface area (Å²) in [5.41, 5.74) is 3.69. The van der Waals surface area contributed by atoms with Gasteiger partial charge in [0.25, 0.3) is 0 Å². The summed E-state index contributed by atoms with van der Waals surface area (Å²) in [6.07, 6.45) is 7.42. The van der Waals surface area contributed by atoms with Crippen LogP contribution in [0.5, 0.6) is 5.75 Å². The van der Waals surface area contributed by atoms with Gasteiger partial charge >= 0.3 is 5.97 Å². The van der Waals surface area contributed by atoms with Crippen molar-refractivity contribution in [3.8, 4) is 28.0 Å². The van der Waals surface area contributed by atoms with Crippen molar-refractivity contribution in [1.29, 1.82) is 0 Å². The summed E-state index contributed by atoms with van der Waals surface area (Å²) < 4.78 is 23.0. The summed E-state index contributed by atoms with van der Waals surface area (Å²) in [6.45, 7) is 3.91. The molecule has 1 aliphatic rings. The molecule has 2 N–H and O–H groups in total. The number of hydrogen-bond donors (Lipinski definition) is 2. The third-order valence-corrected chi connectivity index (χ3v) is 6.78. The number of nitrogens with zero attached hydrogens (tertiary/aromatic N) is 3. The van der Waals surface area contributed by atoms with E-state index in [-0.39, 0.29) is 17.9 Å². The van der Waals surface area contributed by atoms with E-state index in [1.54, 1.807) is 12.3 Å². The Morgan fingerprint density at radius 3 is 2.59 bits per heavy atom. The Bertz CT molecular complexity index is 1380. The predicted molar refractivity (Wildman–Crippen MR) is 126 cm³/mol.